The van der Waals surface area contributed by atoms with Crippen molar-refractivity contribution in [3.8, 4) is 5.75 Å². The molecule has 29 heavy (non-hydrogen) atoms. The number of hydrogen-bond acceptors (Lipinski definition) is 5. The van der Waals surface area contributed by atoms with Crippen molar-refractivity contribution < 1.29 is 14.3 Å². The Kier molecular flexibility index (Phi) is 4.74. The first kappa shape index (κ1) is 19.0. The minimum atomic E-state index is -0.510. The van der Waals surface area contributed by atoms with Crippen LogP contribution in [0.15, 0.2) is 47.6 Å². The van der Waals surface area contributed by atoms with E-state index < -0.39 is 5.41 Å². The van der Waals surface area contributed by atoms with Gasteiger partial charge in [-0.25, -0.2) is 5.43 Å². The zero-order valence-corrected chi connectivity index (χ0v) is 16.5. The number of carbonyl (C=O) groups is 2. The zero-order valence-electron chi connectivity index (χ0n) is 16.5. The lowest BCUT2D eigenvalue weighted by Crippen LogP contribution is -2.32. The Hall–Kier alpha value is -3.35. The quantitative estimate of drug-likeness (QED) is 0.680. The van der Waals surface area contributed by atoms with E-state index in [2.05, 4.69) is 15.8 Å². The van der Waals surface area contributed by atoms with Crippen LogP contribution in [-0.2, 0) is 15.0 Å². The summed E-state index contributed by atoms with van der Waals surface area (Å²) in [6, 6.07) is 13.1. The van der Waals surface area contributed by atoms with Crippen LogP contribution >= 0.6 is 0 Å². The number of anilines is 2. The van der Waals surface area contributed by atoms with E-state index >= 15 is 0 Å². The van der Waals surface area contributed by atoms with E-state index in [1.54, 1.807) is 19.2 Å². The molecule has 0 saturated heterocycles. The van der Waals surface area contributed by atoms with Gasteiger partial charge in [0.1, 0.15) is 5.75 Å². The minimum absolute atomic E-state index is 0.00777. The van der Waals surface area contributed by atoms with Crippen LogP contribution in [0.4, 0.5) is 11.4 Å². The van der Waals surface area contributed by atoms with E-state index in [0.29, 0.717) is 17.8 Å². The van der Waals surface area contributed by atoms with Crippen LogP contribution < -0.4 is 21.2 Å². The third-order valence-corrected chi connectivity index (χ3v) is 5.68. The lowest BCUT2D eigenvalue weighted by molar-refractivity contribution is -0.122. The minimum Gasteiger partial charge on any atom is -0.497 e. The Bertz CT molecular complexity index is 994. The van der Waals surface area contributed by atoms with Gasteiger partial charge in [0, 0.05) is 17.9 Å². The molecule has 0 radical (unpaired) electrons. The van der Waals surface area contributed by atoms with Gasteiger partial charge in [-0.15, -0.1) is 0 Å². The number of nitrogen functional groups attached to an aromatic ring is 1. The maximum absolute atomic E-state index is 13.0. The average molecular weight is 392 g/mol. The molecule has 1 unspecified atom stereocenters. The molecule has 1 heterocycles. The summed E-state index contributed by atoms with van der Waals surface area (Å²) in [6.07, 6.45) is 2.00. The second kappa shape index (κ2) is 7.24. The summed E-state index contributed by atoms with van der Waals surface area (Å²) in [7, 11) is 1.62. The van der Waals surface area contributed by atoms with Gasteiger partial charge in [-0.3, -0.25) is 9.59 Å². The van der Waals surface area contributed by atoms with E-state index in [9.17, 15) is 9.59 Å². The highest BCUT2D eigenvalue weighted by Crippen LogP contribution is 2.49. The van der Waals surface area contributed by atoms with Crippen molar-refractivity contribution in [1.29, 1.82) is 0 Å². The Morgan fingerprint density at radius 2 is 1.97 bits per heavy atom. The van der Waals surface area contributed by atoms with Crippen LogP contribution in [0.3, 0.4) is 0 Å². The number of nitrogens with one attached hydrogen (secondary N) is 2. The summed E-state index contributed by atoms with van der Waals surface area (Å²) in [5.74, 6) is 0.623. The molecule has 1 atom stereocenters. The molecule has 4 rings (SSSR count). The summed E-state index contributed by atoms with van der Waals surface area (Å²) < 4.78 is 5.20. The number of nitrogens with two attached hydrogens (primary N) is 1. The molecular formula is C22H24N4O3. The van der Waals surface area contributed by atoms with E-state index in [1.807, 2.05) is 37.3 Å². The molecule has 1 saturated carbocycles. The second-order valence-corrected chi connectivity index (χ2v) is 7.70. The maximum Gasteiger partial charge on any atom is 0.240 e. The summed E-state index contributed by atoms with van der Waals surface area (Å²) >= 11 is 0. The predicted octanol–water partition coefficient (Wildman–Crippen LogP) is 2.81. The summed E-state index contributed by atoms with van der Waals surface area (Å²) in [5, 5.41) is 7.14. The Morgan fingerprint density at radius 1 is 1.24 bits per heavy atom. The highest BCUT2D eigenvalue weighted by Gasteiger charge is 2.51. The molecule has 2 aliphatic rings. The van der Waals surface area contributed by atoms with Gasteiger partial charge in [0.2, 0.25) is 11.8 Å². The van der Waals surface area contributed by atoms with Crippen molar-refractivity contribution >= 4 is 28.9 Å². The van der Waals surface area contributed by atoms with Gasteiger partial charge in [-0.2, -0.15) is 5.10 Å². The normalized spacial score (nSPS) is 19.7. The third kappa shape index (κ3) is 3.55. The van der Waals surface area contributed by atoms with Crippen LogP contribution in [0.5, 0.6) is 5.75 Å². The van der Waals surface area contributed by atoms with E-state index in [0.717, 1.165) is 35.4 Å². The summed E-state index contributed by atoms with van der Waals surface area (Å²) in [6.45, 7) is 1.95. The molecule has 1 fully saturated rings. The molecule has 1 aliphatic carbocycles. The zero-order chi connectivity index (χ0) is 20.6. The van der Waals surface area contributed by atoms with Gasteiger partial charge >= 0.3 is 0 Å². The molecule has 2 aromatic rings. The fraction of sp³-hybridized carbons (Fsp3) is 0.318. The second-order valence-electron chi connectivity index (χ2n) is 7.70. The fourth-order valence-electron chi connectivity index (χ4n) is 3.76. The maximum atomic E-state index is 13.0. The molecule has 150 valence electrons. The van der Waals surface area contributed by atoms with E-state index in [4.69, 9.17) is 10.5 Å². The Balaban J connectivity index is 1.52. The van der Waals surface area contributed by atoms with E-state index in [-0.39, 0.29) is 17.7 Å². The standard InChI is InChI=1S/C22H24N4O3/c1-13-11-19(27)25-26-20(13)14-3-8-18(17(23)12-14)24-21(28)22(9-10-22)15-4-6-16(29-2)7-5-15/h3-8,12-13H,9-11,23H2,1-2H3,(H,24,28)(H,25,27). The van der Waals surface area contributed by atoms with Crippen LogP contribution in [0.1, 0.15) is 37.3 Å². The van der Waals surface area contributed by atoms with Crippen molar-refractivity contribution in [2.24, 2.45) is 11.0 Å². The van der Waals surface area contributed by atoms with Crippen molar-refractivity contribution in [1.82, 2.24) is 5.43 Å². The Morgan fingerprint density at radius 3 is 2.55 bits per heavy atom. The van der Waals surface area contributed by atoms with Gasteiger partial charge < -0.3 is 15.8 Å². The number of rotatable bonds is 5. The van der Waals surface area contributed by atoms with Gasteiger partial charge in [0.25, 0.3) is 0 Å². The number of benzene rings is 2. The number of hydrogen-bond donors (Lipinski definition) is 3. The molecule has 0 bridgehead atoms. The van der Waals surface area contributed by atoms with Gasteiger partial charge in [-0.1, -0.05) is 25.1 Å². The number of amides is 2. The smallest absolute Gasteiger partial charge is 0.240 e. The predicted molar refractivity (Wildman–Crippen MR) is 112 cm³/mol. The number of carbonyl (C=O) groups excluding carboxylic acids is 2. The first-order valence-corrected chi connectivity index (χ1v) is 9.65. The molecule has 0 spiro atoms. The summed E-state index contributed by atoms with van der Waals surface area (Å²) in [4.78, 5) is 24.5. The monoisotopic (exact) mass is 392 g/mol. The molecule has 4 N–H and O–H groups in total. The van der Waals surface area contributed by atoms with Crippen LogP contribution in [0.25, 0.3) is 0 Å². The van der Waals surface area contributed by atoms with Gasteiger partial charge in [0.15, 0.2) is 0 Å². The third-order valence-electron chi connectivity index (χ3n) is 5.68. The number of nitrogens with zero attached hydrogens (tertiary/aromatic N) is 1. The van der Waals surface area contributed by atoms with Crippen molar-refractivity contribution in [2.45, 2.75) is 31.6 Å². The molecule has 7 heteroatoms. The van der Waals surface area contributed by atoms with Gasteiger partial charge in [0.05, 0.1) is 29.6 Å². The molecule has 1 aliphatic heterocycles. The number of methoxy groups -OCH3 is 1. The highest BCUT2D eigenvalue weighted by molar-refractivity contribution is 6.08. The highest BCUT2D eigenvalue weighted by atomic mass is 16.5. The van der Waals surface area contributed by atoms with Crippen LogP contribution in [-0.4, -0.2) is 24.6 Å². The van der Waals surface area contributed by atoms with E-state index in [1.165, 1.54) is 0 Å². The lowest BCUT2D eigenvalue weighted by atomic mass is 9.93. The van der Waals surface area contributed by atoms with Crippen LogP contribution in [0, 0.1) is 5.92 Å². The average Bonchev–Trinajstić information content (AvgIpc) is 3.52. The fourth-order valence-corrected chi connectivity index (χ4v) is 3.76. The van der Waals surface area contributed by atoms with Gasteiger partial charge in [-0.05, 0) is 42.7 Å². The number of ether oxygens (including phenoxy) is 1. The molecule has 7 nitrogen and oxygen atoms in total. The largest absolute Gasteiger partial charge is 0.497 e. The van der Waals surface area contributed by atoms with Crippen molar-refractivity contribution in [3.63, 3.8) is 0 Å². The first-order chi connectivity index (χ1) is 13.9. The van der Waals surface area contributed by atoms with Crippen LogP contribution in [0.2, 0.25) is 0 Å². The summed E-state index contributed by atoms with van der Waals surface area (Å²) in [5.41, 5.74) is 11.9. The molecule has 2 aromatic carbocycles. The Labute approximate surface area is 169 Å². The molecule has 2 amide bonds. The van der Waals surface area contributed by atoms with Crippen molar-refractivity contribution in [3.05, 3.63) is 53.6 Å². The van der Waals surface area contributed by atoms with Crippen molar-refractivity contribution in [2.75, 3.05) is 18.2 Å². The topological polar surface area (TPSA) is 106 Å². The number of hydrazone groups is 1. The SMILES string of the molecule is COc1ccc(C2(C(=O)Nc3ccc(C4=NNC(=O)CC4C)cc3N)CC2)cc1. The molecular weight excluding hydrogens is 368 g/mol. The molecule has 0 aromatic heterocycles. The first-order valence-electron chi connectivity index (χ1n) is 9.65. The lowest BCUT2D eigenvalue weighted by Gasteiger charge is -2.21.